The zero-order chi connectivity index (χ0) is 24.7. The third kappa shape index (κ3) is 17.2. The van der Waals surface area contributed by atoms with Crippen molar-refractivity contribution in [2.24, 2.45) is 4.99 Å². The molecule has 1 atom stereocenters. The summed E-state index contributed by atoms with van der Waals surface area (Å²) < 4.78 is 0. The first kappa shape index (κ1) is 29.7. The van der Waals surface area contributed by atoms with Crippen LogP contribution in [-0.4, -0.2) is 30.7 Å². The van der Waals surface area contributed by atoms with Crippen LogP contribution in [0.25, 0.3) is 0 Å². The summed E-state index contributed by atoms with van der Waals surface area (Å²) in [6, 6.07) is 9.00. The van der Waals surface area contributed by atoms with Crippen LogP contribution in [0.5, 0.6) is 0 Å². The van der Waals surface area contributed by atoms with Gasteiger partial charge in [-0.05, 0) is 12.0 Å². The SMILES string of the molecule is CCCCCCCCCCCCCCCCN=CNNC(=O)[C@H](Cc1ccccc1)NC(C)=O. The molecule has 0 radical (unpaired) electrons. The molecule has 1 rings (SSSR count). The number of hydrogen-bond donors (Lipinski definition) is 3. The third-order valence-electron chi connectivity index (χ3n) is 5.97. The van der Waals surface area contributed by atoms with Crippen molar-refractivity contribution < 1.29 is 9.59 Å². The second-order valence-electron chi connectivity index (χ2n) is 9.21. The van der Waals surface area contributed by atoms with Crippen molar-refractivity contribution in [2.45, 2.75) is 116 Å². The molecule has 0 saturated heterocycles. The number of carbonyl (C=O) groups excluding carboxylic acids is 2. The highest BCUT2D eigenvalue weighted by Crippen LogP contribution is 2.12. The standard InChI is InChI=1S/C28H48N4O2/c1-3-4-5-6-7-8-9-10-11-12-13-14-15-19-22-29-24-30-32-28(34)27(31-25(2)33)23-26-20-17-16-18-21-26/h16-18,20-21,24,27H,3-15,19,22-23H2,1-2H3,(H,29,30)(H,31,33)(H,32,34)/t27-/m0/s1. The van der Waals surface area contributed by atoms with Gasteiger partial charge >= 0.3 is 0 Å². The number of carbonyl (C=O) groups is 2. The maximum absolute atomic E-state index is 12.4. The van der Waals surface area contributed by atoms with Gasteiger partial charge in [-0.15, -0.1) is 0 Å². The minimum absolute atomic E-state index is 0.234. The van der Waals surface area contributed by atoms with E-state index >= 15 is 0 Å². The van der Waals surface area contributed by atoms with Crippen molar-refractivity contribution in [1.82, 2.24) is 16.2 Å². The van der Waals surface area contributed by atoms with Crippen LogP contribution in [0.4, 0.5) is 0 Å². The molecule has 0 bridgehead atoms. The number of hydrogen-bond acceptors (Lipinski definition) is 3. The lowest BCUT2D eigenvalue weighted by molar-refractivity contribution is -0.128. The van der Waals surface area contributed by atoms with E-state index in [0.717, 1.165) is 18.5 Å². The monoisotopic (exact) mass is 472 g/mol. The summed E-state index contributed by atoms with van der Waals surface area (Å²) in [5, 5.41) is 2.70. The van der Waals surface area contributed by atoms with Gasteiger partial charge in [0.25, 0.3) is 5.91 Å². The van der Waals surface area contributed by atoms with Crippen LogP contribution in [0, 0.1) is 0 Å². The Morgan fingerprint density at radius 2 is 1.35 bits per heavy atom. The van der Waals surface area contributed by atoms with E-state index in [4.69, 9.17) is 0 Å². The molecule has 0 heterocycles. The lowest BCUT2D eigenvalue weighted by Crippen LogP contribution is -2.51. The second-order valence-corrected chi connectivity index (χ2v) is 9.21. The summed E-state index contributed by atoms with van der Waals surface area (Å²) in [6.45, 7) is 4.43. The van der Waals surface area contributed by atoms with Crippen molar-refractivity contribution in [1.29, 1.82) is 0 Å². The second kappa shape index (κ2) is 21.2. The Morgan fingerprint density at radius 3 is 1.88 bits per heavy atom. The first-order valence-corrected chi connectivity index (χ1v) is 13.5. The van der Waals surface area contributed by atoms with E-state index in [2.05, 4.69) is 28.1 Å². The number of aliphatic imine (C=N–C) groups is 1. The van der Waals surface area contributed by atoms with Crippen LogP contribution in [0.1, 0.15) is 109 Å². The van der Waals surface area contributed by atoms with Crippen molar-refractivity contribution in [3.63, 3.8) is 0 Å². The molecule has 1 aromatic rings. The van der Waals surface area contributed by atoms with Crippen molar-refractivity contribution in [2.75, 3.05) is 6.54 Å². The van der Waals surface area contributed by atoms with Crippen molar-refractivity contribution in [3.05, 3.63) is 35.9 Å². The van der Waals surface area contributed by atoms with E-state index in [-0.39, 0.29) is 11.8 Å². The molecule has 0 saturated carbocycles. The summed E-state index contributed by atoms with van der Waals surface area (Å²) >= 11 is 0. The molecule has 3 N–H and O–H groups in total. The first-order chi connectivity index (χ1) is 16.6. The van der Waals surface area contributed by atoms with Crippen molar-refractivity contribution >= 4 is 18.2 Å². The molecule has 6 nitrogen and oxygen atoms in total. The molecule has 0 aliphatic rings. The van der Waals surface area contributed by atoms with E-state index in [9.17, 15) is 9.59 Å². The van der Waals surface area contributed by atoms with Crippen molar-refractivity contribution in [3.8, 4) is 0 Å². The highest BCUT2D eigenvalue weighted by atomic mass is 16.2. The maximum Gasteiger partial charge on any atom is 0.261 e. The quantitative estimate of drug-likeness (QED) is 0.0906. The van der Waals surface area contributed by atoms with Gasteiger partial charge in [0.05, 0.1) is 0 Å². The molecule has 192 valence electrons. The molecule has 34 heavy (non-hydrogen) atoms. The third-order valence-corrected chi connectivity index (χ3v) is 5.97. The fourth-order valence-corrected chi connectivity index (χ4v) is 4.00. The number of amides is 2. The molecule has 1 aromatic carbocycles. The number of nitrogens with zero attached hydrogens (tertiary/aromatic N) is 1. The van der Waals surface area contributed by atoms with Gasteiger partial charge < -0.3 is 5.32 Å². The number of benzene rings is 1. The molecular formula is C28H48N4O2. The molecule has 0 spiro atoms. The number of rotatable bonds is 21. The van der Waals surface area contributed by atoms with Gasteiger partial charge in [0.15, 0.2) is 0 Å². The Hall–Kier alpha value is -2.37. The minimum atomic E-state index is -0.633. The van der Waals surface area contributed by atoms with E-state index in [0.29, 0.717) is 6.42 Å². The predicted octanol–water partition coefficient (Wildman–Crippen LogP) is 5.86. The number of hydrazine groups is 1. The van der Waals surface area contributed by atoms with Gasteiger partial charge in [-0.2, -0.15) is 0 Å². The van der Waals surface area contributed by atoms with Gasteiger partial charge in [-0.1, -0.05) is 121 Å². The molecule has 0 unspecified atom stereocenters. The summed E-state index contributed by atoms with van der Waals surface area (Å²) in [5.74, 6) is -0.524. The fourth-order valence-electron chi connectivity index (χ4n) is 4.00. The average Bonchev–Trinajstić information content (AvgIpc) is 2.83. The molecule has 2 amide bonds. The lowest BCUT2D eigenvalue weighted by Gasteiger charge is -2.17. The van der Waals surface area contributed by atoms with E-state index < -0.39 is 6.04 Å². The maximum atomic E-state index is 12.4. The van der Waals surface area contributed by atoms with Crippen LogP contribution in [0.15, 0.2) is 35.3 Å². The average molecular weight is 473 g/mol. The smallest absolute Gasteiger partial charge is 0.261 e. The largest absolute Gasteiger partial charge is 0.344 e. The summed E-state index contributed by atoms with van der Waals surface area (Å²) in [7, 11) is 0. The molecule has 6 heteroatoms. The van der Waals surface area contributed by atoms with Crippen LogP contribution in [0.3, 0.4) is 0 Å². The fraction of sp³-hybridized carbons (Fsp3) is 0.679. The van der Waals surface area contributed by atoms with Gasteiger partial charge in [0, 0.05) is 19.9 Å². The van der Waals surface area contributed by atoms with Gasteiger partial charge in [-0.3, -0.25) is 25.4 Å². The van der Waals surface area contributed by atoms with Crippen LogP contribution in [0.2, 0.25) is 0 Å². The Balaban J connectivity index is 1.99. The molecule has 0 aliphatic heterocycles. The van der Waals surface area contributed by atoms with Crippen LogP contribution in [-0.2, 0) is 16.0 Å². The topological polar surface area (TPSA) is 82.6 Å². The summed E-state index contributed by atoms with van der Waals surface area (Å²) in [4.78, 5) is 28.2. The van der Waals surface area contributed by atoms with Gasteiger partial charge in [-0.25, -0.2) is 0 Å². The van der Waals surface area contributed by atoms with Gasteiger partial charge in [0.2, 0.25) is 5.91 Å². The molecule has 0 aromatic heterocycles. The Bertz CT molecular complexity index is 664. The predicted molar refractivity (Wildman–Crippen MR) is 143 cm³/mol. The van der Waals surface area contributed by atoms with Crippen LogP contribution >= 0.6 is 0 Å². The normalized spacial score (nSPS) is 11.9. The Morgan fingerprint density at radius 1 is 0.824 bits per heavy atom. The Kier molecular flexibility index (Phi) is 18.5. The zero-order valence-corrected chi connectivity index (χ0v) is 21.6. The zero-order valence-electron chi connectivity index (χ0n) is 21.6. The van der Waals surface area contributed by atoms with Crippen LogP contribution < -0.4 is 16.2 Å². The van der Waals surface area contributed by atoms with Gasteiger partial charge in [0.1, 0.15) is 12.4 Å². The number of nitrogens with one attached hydrogen (secondary N) is 3. The minimum Gasteiger partial charge on any atom is -0.344 e. The van der Waals surface area contributed by atoms with E-state index in [1.807, 2.05) is 30.3 Å². The molecule has 0 fully saturated rings. The van der Waals surface area contributed by atoms with E-state index in [1.165, 1.54) is 96.7 Å². The lowest BCUT2D eigenvalue weighted by atomic mass is 10.0. The highest BCUT2D eigenvalue weighted by molar-refractivity contribution is 5.87. The van der Waals surface area contributed by atoms with E-state index in [1.54, 1.807) is 0 Å². The molecular weight excluding hydrogens is 424 g/mol. The highest BCUT2D eigenvalue weighted by Gasteiger charge is 2.19. The summed E-state index contributed by atoms with van der Waals surface area (Å²) in [6.07, 6.45) is 20.7. The Labute approximate surface area is 207 Å². The number of unbranched alkanes of at least 4 members (excludes halogenated alkanes) is 13. The summed E-state index contributed by atoms with van der Waals surface area (Å²) in [5.41, 5.74) is 6.33. The molecule has 0 aliphatic carbocycles. The first-order valence-electron chi connectivity index (χ1n) is 13.5.